The molecule has 3 rings (SSSR count). The number of aliphatic imine (C=N–C) groups is 1. The van der Waals surface area contributed by atoms with Crippen molar-refractivity contribution in [3.8, 4) is 5.75 Å². The van der Waals surface area contributed by atoms with Gasteiger partial charge in [0.05, 0.1) is 4.91 Å². The molecule has 0 unspecified atom stereocenters. The van der Waals surface area contributed by atoms with Crippen molar-refractivity contribution < 1.29 is 18.7 Å². The summed E-state index contributed by atoms with van der Waals surface area (Å²) in [5.74, 6) is -0.815. The number of benzene rings is 1. The summed E-state index contributed by atoms with van der Waals surface area (Å²) in [5.41, 5.74) is 3.66. The van der Waals surface area contributed by atoms with Gasteiger partial charge in [0.2, 0.25) is 0 Å². The molecular weight excluding hydrogens is 383 g/mol. The zero-order valence-electron chi connectivity index (χ0n) is 15.9. The van der Waals surface area contributed by atoms with E-state index < -0.39 is 11.9 Å². The highest BCUT2D eigenvalue weighted by Crippen LogP contribution is 2.33. The van der Waals surface area contributed by atoms with Gasteiger partial charge in [-0.3, -0.25) is 9.80 Å². The van der Waals surface area contributed by atoms with Gasteiger partial charge in [0.1, 0.15) is 11.6 Å². The number of ether oxygens (including phenoxy) is 1. The third kappa shape index (κ3) is 4.71. The molecule has 0 spiro atoms. The Morgan fingerprint density at radius 3 is 2.86 bits per heavy atom. The lowest BCUT2D eigenvalue weighted by Gasteiger charge is -2.28. The first-order chi connectivity index (χ1) is 13.5. The second-order valence-corrected chi connectivity index (χ2v) is 7.31. The first kappa shape index (κ1) is 20.3. The standard InChI is InChI=1S/C19H23FN4O3S/c1-3-23(4-2)19(26)27-15-12-14(20)8-7-13(15)11-16-17(25)22-18(28-16)24-10-6-5-9-21-24/h7-8,11-12,21H,3-6,9-10H2,1-2H3/b16-11-. The minimum Gasteiger partial charge on any atom is -0.409 e. The highest BCUT2D eigenvalue weighted by molar-refractivity contribution is 8.18. The lowest BCUT2D eigenvalue weighted by atomic mass is 10.2. The third-order valence-electron chi connectivity index (χ3n) is 4.43. The van der Waals surface area contributed by atoms with Crippen LogP contribution in [0, 0.1) is 5.82 Å². The van der Waals surface area contributed by atoms with E-state index in [-0.39, 0.29) is 11.7 Å². The van der Waals surface area contributed by atoms with E-state index in [4.69, 9.17) is 4.74 Å². The fourth-order valence-electron chi connectivity index (χ4n) is 2.86. The van der Waals surface area contributed by atoms with Crippen LogP contribution in [-0.2, 0) is 4.79 Å². The number of amides is 2. The number of carbonyl (C=O) groups is 2. The van der Waals surface area contributed by atoms with Gasteiger partial charge in [0, 0.05) is 37.8 Å². The van der Waals surface area contributed by atoms with Gasteiger partial charge in [-0.15, -0.1) is 0 Å². The van der Waals surface area contributed by atoms with Crippen molar-refractivity contribution in [2.24, 2.45) is 4.99 Å². The number of nitrogens with zero attached hydrogens (tertiary/aromatic N) is 3. The maximum Gasteiger partial charge on any atom is 0.415 e. The number of amidine groups is 1. The summed E-state index contributed by atoms with van der Waals surface area (Å²) < 4.78 is 19.1. The fourth-order valence-corrected chi connectivity index (χ4v) is 3.77. The first-order valence-electron chi connectivity index (χ1n) is 9.31. The van der Waals surface area contributed by atoms with Crippen molar-refractivity contribution in [3.63, 3.8) is 0 Å². The highest BCUT2D eigenvalue weighted by atomic mass is 32.2. The molecular formula is C19H23FN4O3S. The molecule has 150 valence electrons. The summed E-state index contributed by atoms with van der Waals surface area (Å²) in [6, 6.07) is 3.89. The molecule has 0 aliphatic carbocycles. The van der Waals surface area contributed by atoms with Crippen LogP contribution in [-0.4, -0.2) is 53.3 Å². The summed E-state index contributed by atoms with van der Waals surface area (Å²) in [5, 5.41) is 2.47. The van der Waals surface area contributed by atoms with Crippen LogP contribution in [0.4, 0.5) is 9.18 Å². The largest absolute Gasteiger partial charge is 0.415 e. The molecule has 2 amide bonds. The van der Waals surface area contributed by atoms with Gasteiger partial charge in [-0.05, 0) is 56.7 Å². The Morgan fingerprint density at radius 2 is 2.18 bits per heavy atom. The van der Waals surface area contributed by atoms with E-state index in [2.05, 4.69) is 10.4 Å². The molecule has 28 heavy (non-hydrogen) atoms. The summed E-state index contributed by atoms with van der Waals surface area (Å²) in [6.45, 7) is 6.26. The van der Waals surface area contributed by atoms with Gasteiger partial charge >= 0.3 is 6.09 Å². The SMILES string of the molecule is CCN(CC)C(=O)Oc1cc(F)ccc1/C=C1\SC(N2CCCCN2)=NC1=O. The fraction of sp³-hybridized carbons (Fsp3) is 0.421. The molecule has 1 aromatic rings. The molecule has 0 radical (unpaired) electrons. The maximum atomic E-state index is 13.7. The molecule has 0 aromatic heterocycles. The molecule has 2 aliphatic rings. The van der Waals surface area contributed by atoms with Crippen LogP contribution in [0.15, 0.2) is 28.1 Å². The Hall–Kier alpha value is -2.39. The van der Waals surface area contributed by atoms with Crippen molar-refractivity contribution in [1.82, 2.24) is 15.3 Å². The Bertz CT molecular complexity index is 817. The van der Waals surface area contributed by atoms with Crippen LogP contribution in [0.1, 0.15) is 32.3 Å². The van der Waals surface area contributed by atoms with Crippen LogP contribution < -0.4 is 10.2 Å². The molecule has 2 aliphatic heterocycles. The van der Waals surface area contributed by atoms with Crippen LogP contribution in [0.3, 0.4) is 0 Å². The van der Waals surface area contributed by atoms with Crippen LogP contribution in [0.25, 0.3) is 6.08 Å². The van der Waals surface area contributed by atoms with Gasteiger partial charge in [0.15, 0.2) is 5.17 Å². The zero-order valence-corrected chi connectivity index (χ0v) is 16.7. The summed E-state index contributed by atoms with van der Waals surface area (Å²) in [7, 11) is 0. The van der Waals surface area contributed by atoms with E-state index in [0.717, 1.165) is 32.0 Å². The van der Waals surface area contributed by atoms with Gasteiger partial charge < -0.3 is 9.64 Å². The zero-order chi connectivity index (χ0) is 20.1. The van der Waals surface area contributed by atoms with Crippen LogP contribution >= 0.6 is 11.8 Å². The summed E-state index contributed by atoms with van der Waals surface area (Å²) in [4.78, 5) is 30.5. The van der Waals surface area contributed by atoms with Crippen molar-refractivity contribution >= 4 is 35.0 Å². The minimum atomic E-state index is -0.560. The number of rotatable bonds is 4. The molecule has 0 saturated carbocycles. The summed E-state index contributed by atoms with van der Waals surface area (Å²) >= 11 is 1.25. The average molecular weight is 406 g/mol. The van der Waals surface area contributed by atoms with E-state index in [0.29, 0.717) is 28.7 Å². The highest BCUT2D eigenvalue weighted by Gasteiger charge is 2.27. The second kappa shape index (κ2) is 9.20. The molecule has 1 saturated heterocycles. The third-order valence-corrected chi connectivity index (χ3v) is 5.44. The monoisotopic (exact) mass is 406 g/mol. The Balaban J connectivity index is 1.80. The number of carbonyl (C=O) groups excluding carboxylic acids is 2. The number of nitrogens with one attached hydrogen (secondary N) is 1. The molecule has 1 N–H and O–H groups in total. The predicted molar refractivity (Wildman–Crippen MR) is 107 cm³/mol. The predicted octanol–water partition coefficient (Wildman–Crippen LogP) is 3.24. The van der Waals surface area contributed by atoms with Gasteiger partial charge in [-0.1, -0.05) is 0 Å². The quantitative estimate of drug-likeness (QED) is 0.774. The number of hydrazine groups is 1. The lowest BCUT2D eigenvalue weighted by molar-refractivity contribution is -0.113. The Labute approximate surface area is 167 Å². The Kier molecular flexibility index (Phi) is 6.69. The molecule has 9 heteroatoms. The van der Waals surface area contributed by atoms with Gasteiger partial charge in [-0.2, -0.15) is 4.99 Å². The summed E-state index contributed by atoms with van der Waals surface area (Å²) in [6.07, 6.45) is 3.14. The molecule has 1 fully saturated rings. The molecule has 2 heterocycles. The van der Waals surface area contributed by atoms with Crippen molar-refractivity contribution in [3.05, 3.63) is 34.5 Å². The number of thioether (sulfide) groups is 1. The van der Waals surface area contributed by atoms with Crippen LogP contribution in [0.5, 0.6) is 5.75 Å². The van der Waals surface area contributed by atoms with Crippen molar-refractivity contribution in [2.45, 2.75) is 26.7 Å². The van der Waals surface area contributed by atoms with Crippen LogP contribution in [0.2, 0.25) is 0 Å². The number of hydrogen-bond donors (Lipinski definition) is 1. The van der Waals surface area contributed by atoms with E-state index in [9.17, 15) is 14.0 Å². The lowest BCUT2D eigenvalue weighted by Crippen LogP contribution is -2.45. The van der Waals surface area contributed by atoms with E-state index >= 15 is 0 Å². The normalized spacial score (nSPS) is 18.4. The van der Waals surface area contributed by atoms with E-state index in [1.54, 1.807) is 6.08 Å². The van der Waals surface area contributed by atoms with E-state index in [1.165, 1.54) is 28.8 Å². The number of halogens is 1. The Morgan fingerprint density at radius 1 is 1.39 bits per heavy atom. The van der Waals surface area contributed by atoms with Gasteiger partial charge in [-0.25, -0.2) is 14.6 Å². The maximum absolute atomic E-state index is 13.7. The molecule has 0 atom stereocenters. The van der Waals surface area contributed by atoms with E-state index in [1.807, 2.05) is 18.9 Å². The first-order valence-corrected chi connectivity index (χ1v) is 10.1. The topological polar surface area (TPSA) is 74.2 Å². The second-order valence-electron chi connectivity index (χ2n) is 6.30. The molecule has 0 bridgehead atoms. The average Bonchev–Trinajstić information content (AvgIpc) is 3.06. The minimum absolute atomic E-state index is 0.0716. The van der Waals surface area contributed by atoms with Gasteiger partial charge in [0.25, 0.3) is 5.91 Å². The molecule has 7 nitrogen and oxygen atoms in total. The van der Waals surface area contributed by atoms with Crippen molar-refractivity contribution in [2.75, 3.05) is 26.2 Å². The molecule has 1 aromatic carbocycles. The smallest absolute Gasteiger partial charge is 0.409 e. The number of hydrogen-bond acceptors (Lipinski definition) is 6. The van der Waals surface area contributed by atoms with Crippen molar-refractivity contribution in [1.29, 1.82) is 0 Å².